The lowest BCUT2D eigenvalue weighted by Crippen LogP contribution is -2.22. The van der Waals surface area contributed by atoms with E-state index in [1.165, 1.54) is 9.79 Å². The van der Waals surface area contributed by atoms with E-state index < -0.39 is 0 Å². The van der Waals surface area contributed by atoms with E-state index in [2.05, 4.69) is 44.1 Å². The van der Waals surface area contributed by atoms with Crippen LogP contribution in [0, 0.1) is 0 Å². The Morgan fingerprint density at radius 2 is 1.30 bits per heavy atom. The summed E-state index contributed by atoms with van der Waals surface area (Å²) in [6.07, 6.45) is 0. The molecule has 4 N–H and O–H groups in total. The molecular weight excluding hydrogens is 308 g/mol. The smallest absolute Gasteiger partial charge is 0.225 e. The summed E-state index contributed by atoms with van der Waals surface area (Å²) in [4.78, 5) is 16.8. The van der Waals surface area contributed by atoms with E-state index in [4.69, 9.17) is 11.5 Å². The van der Waals surface area contributed by atoms with Crippen molar-refractivity contribution in [3.8, 4) is 0 Å². The quantitative estimate of drug-likeness (QED) is 0.749. The molecule has 1 aromatic heterocycles. The van der Waals surface area contributed by atoms with Crippen molar-refractivity contribution in [3.05, 3.63) is 54.4 Å². The maximum absolute atomic E-state index is 5.69. The first-order valence-electron chi connectivity index (χ1n) is 7.10. The normalized spacial score (nSPS) is 12.6. The number of rotatable bonds is 2. The van der Waals surface area contributed by atoms with Crippen molar-refractivity contribution < 1.29 is 0 Å². The highest BCUT2D eigenvalue weighted by Crippen LogP contribution is 2.48. The Kier molecular flexibility index (Phi) is 3.27. The van der Waals surface area contributed by atoms with E-state index in [0.29, 0.717) is 12.4 Å². The molecule has 0 saturated heterocycles. The molecule has 0 atom stereocenters. The minimum absolute atomic E-state index is 0.139. The van der Waals surface area contributed by atoms with Crippen molar-refractivity contribution in [1.29, 1.82) is 0 Å². The fraction of sp³-hybridized carbons (Fsp3) is 0.0625. The van der Waals surface area contributed by atoms with Crippen molar-refractivity contribution in [2.45, 2.75) is 16.3 Å². The summed E-state index contributed by atoms with van der Waals surface area (Å²) in [6.45, 7) is 0.478. The number of hydrogen-bond acceptors (Lipinski definition) is 7. The number of anilines is 4. The Hall–Kier alpha value is -2.80. The van der Waals surface area contributed by atoms with Gasteiger partial charge in [-0.1, -0.05) is 36.0 Å². The van der Waals surface area contributed by atoms with Crippen LogP contribution in [0.3, 0.4) is 0 Å². The van der Waals surface area contributed by atoms with E-state index in [-0.39, 0.29) is 11.9 Å². The van der Waals surface area contributed by atoms with Gasteiger partial charge in [-0.25, -0.2) is 0 Å². The van der Waals surface area contributed by atoms with Crippen molar-refractivity contribution in [1.82, 2.24) is 15.0 Å². The summed E-state index contributed by atoms with van der Waals surface area (Å²) in [5.74, 6) is 0.826. The fourth-order valence-electron chi connectivity index (χ4n) is 2.62. The molecule has 0 fully saturated rings. The molecule has 0 spiro atoms. The average Bonchev–Trinajstić information content (AvgIpc) is 2.54. The first-order chi connectivity index (χ1) is 11.2. The summed E-state index contributed by atoms with van der Waals surface area (Å²) in [7, 11) is 0. The van der Waals surface area contributed by atoms with E-state index >= 15 is 0 Å². The molecule has 2 heterocycles. The zero-order valence-electron chi connectivity index (χ0n) is 12.2. The summed E-state index contributed by atoms with van der Waals surface area (Å²) >= 11 is 1.76. The zero-order chi connectivity index (χ0) is 15.8. The van der Waals surface area contributed by atoms with Crippen molar-refractivity contribution in [3.63, 3.8) is 0 Å². The van der Waals surface area contributed by atoms with Crippen LogP contribution in [0.25, 0.3) is 0 Å². The van der Waals surface area contributed by atoms with E-state index in [9.17, 15) is 0 Å². The van der Waals surface area contributed by atoms with E-state index in [0.717, 1.165) is 11.4 Å². The minimum Gasteiger partial charge on any atom is -0.368 e. The van der Waals surface area contributed by atoms with Gasteiger partial charge in [-0.2, -0.15) is 15.0 Å². The summed E-state index contributed by atoms with van der Waals surface area (Å²) in [6, 6.07) is 16.5. The summed E-state index contributed by atoms with van der Waals surface area (Å²) in [5, 5.41) is 0. The third kappa shape index (κ3) is 2.55. The first-order valence-corrected chi connectivity index (χ1v) is 7.92. The van der Waals surface area contributed by atoms with Crippen LogP contribution in [-0.2, 0) is 6.54 Å². The van der Waals surface area contributed by atoms with Crippen LogP contribution in [0.15, 0.2) is 58.3 Å². The molecule has 0 bridgehead atoms. The Labute approximate surface area is 137 Å². The molecule has 4 rings (SSSR count). The molecule has 0 unspecified atom stereocenters. The SMILES string of the molecule is Nc1nc(N)nc(CN2c3ccccc3Sc3ccccc32)n1. The third-order valence-corrected chi connectivity index (χ3v) is 4.68. The van der Waals surface area contributed by atoms with Gasteiger partial charge in [0.1, 0.15) is 0 Å². The van der Waals surface area contributed by atoms with Gasteiger partial charge in [-0.05, 0) is 24.3 Å². The highest BCUT2D eigenvalue weighted by molar-refractivity contribution is 7.99. The number of para-hydroxylation sites is 2. The number of fused-ring (bicyclic) bond motifs is 2. The number of nitrogens with two attached hydrogens (primary N) is 2. The lowest BCUT2D eigenvalue weighted by atomic mass is 10.2. The zero-order valence-corrected chi connectivity index (χ0v) is 13.0. The molecule has 0 radical (unpaired) electrons. The van der Waals surface area contributed by atoms with Gasteiger partial charge in [0.15, 0.2) is 5.82 Å². The predicted octanol–water partition coefficient (Wildman–Crippen LogP) is 2.84. The number of benzene rings is 2. The number of aromatic nitrogens is 3. The van der Waals surface area contributed by atoms with E-state index in [1.807, 2.05) is 24.3 Å². The van der Waals surface area contributed by atoms with Gasteiger partial charge in [-0.3, -0.25) is 0 Å². The molecule has 7 heteroatoms. The van der Waals surface area contributed by atoms with Gasteiger partial charge in [-0.15, -0.1) is 0 Å². The van der Waals surface area contributed by atoms with Gasteiger partial charge in [0.05, 0.1) is 17.9 Å². The predicted molar refractivity (Wildman–Crippen MR) is 91.5 cm³/mol. The van der Waals surface area contributed by atoms with Gasteiger partial charge < -0.3 is 16.4 Å². The van der Waals surface area contributed by atoms with Crippen LogP contribution in [0.5, 0.6) is 0 Å². The highest BCUT2D eigenvalue weighted by Gasteiger charge is 2.23. The summed E-state index contributed by atoms with van der Waals surface area (Å²) < 4.78 is 0. The van der Waals surface area contributed by atoms with Gasteiger partial charge in [0.25, 0.3) is 0 Å². The maximum atomic E-state index is 5.69. The Morgan fingerprint density at radius 3 is 1.87 bits per heavy atom. The molecule has 1 aliphatic rings. The Morgan fingerprint density at radius 1 is 0.783 bits per heavy atom. The lowest BCUT2D eigenvalue weighted by molar-refractivity contribution is 0.842. The summed E-state index contributed by atoms with van der Waals surface area (Å²) in [5.41, 5.74) is 13.6. The molecule has 1 aliphatic heterocycles. The van der Waals surface area contributed by atoms with Crippen LogP contribution >= 0.6 is 11.8 Å². The van der Waals surface area contributed by atoms with Crippen molar-refractivity contribution in [2.75, 3.05) is 16.4 Å². The maximum Gasteiger partial charge on any atom is 0.225 e. The second-order valence-electron chi connectivity index (χ2n) is 5.09. The van der Waals surface area contributed by atoms with Gasteiger partial charge in [0.2, 0.25) is 11.9 Å². The average molecular weight is 322 g/mol. The Bertz CT molecular complexity index is 816. The monoisotopic (exact) mass is 322 g/mol. The number of hydrogen-bond donors (Lipinski definition) is 2. The molecule has 114 valence electrons. The molecule has 23 heavy (non-hydrogen) atoms. The molecule has 6 nitrogen and oxygen atoms in total. The highest BCUT2D eigenvalue weighted by atomic mass is 32.2. The van der Waals surface area contributed by atoms with Crippen molar-refractivity contribution >= 4 is 35.0 Å². The van der Waals surface area contributed by atoms with E-state index in [1.54, 1.807) is 11.8 Å². The third-order valence-electron chi connectivity index (χ3n) is 3.55. The van der Waals surface area contributed by atoms with Crippen LogP contribution < -0.4 is 16.4 Å². The molecule has 0 aliphatic carbocycles. The van der Waals surface area contributed by atoms with Gasteiger partial charge >= 0.3 is 0 Å². The molecule has 2 aromatic carbocycles. The lowest BCUT2D eigenvalue weighted by Gasteiger charge is -2.32. The fourth-order valence-corrected chi connectivity index (χ4v) is 3.72. The standard InChI is InChI=1S/C16H14N6S/c17-15-19-14(20-16(18)21-15)9-22-10-5-1-3-7-12(10)23-13-8-4-2-6-11(13)22/h1-8H,9H2,(H4,17,18,19,20,21). The topological polar surface area (TPSA) is 93.9 Å². The number of nitrogen functional groups attached to an aromatic ring is 2. The molecule has 0 saturated carbocycles. The van der Waals surface area contributed by atoms with Crippen LogP contribution in [0.2, 0.25) is 0 Å². The molecule has 3 aromatic rings. The number of nitrogens with zero attached hydrogens (tertiary/aromatic N) is 4. The second-order valence-corrected chi connectivity index (χ2v) is 6.18. The second kappa shape index (κ2) is 5.44. The largest absolute Gasteiger partial charge is 0.368 e. The van der Waals surface area contributed by atoms with Crippen LogP contribution in [0.1, 0.15) is 5.82 Å². The van der Waals surface area contributed by atoms with Gasteiger partial charge in [0, 0.05) is 9.79 Å². The van der Waals surface area contributed by atoms with Crippen LogP contribution in [-0.4, -0.2) is 15.0 Å². The Balaban J connectivity index is 1.81. The minimum atomic E-state index is 0.139. The molecule has 0 amide bonds. The molecular formula is C16H14N6S. The van der Waals surface area contributed by atoms with Crippen molar-refractivity contribution in [2.24, 2.45) is 0 Å². The van der Waals surface area contributed by atoms with Crippen LogP contribution in [0.4, 0.5) is 23.3 Å². The first kappa shape index (κ1) is 13.8.